The number of carbonyl (C=O) groups is 1. The van der Waals surface area contributed by atoms with Crippen molar-refractivity contribution in [3.05, 3.63) is 64.7 Å². The predicted octanol–water partition coefficient (Wildman–Crippen LogP) is 3.16. The number of aliphatic hydroxyl groups is 1. The van der Waals surface area contributed by atoms with Crippen LogP contribution in [0.2, 0.25) is 0 Å². The summed E-state index contributed by atoms with van der Waals surface area (Å²) in [4.78, 5) is 16.7. The average molecular weight is 356 g/mol. The van der Waals surface area contributed by atoms with Gasteiger partial charge in [0.1, 0.15) is 5.60 Å². The maximum absolute atomic E-state index is 12.5. The minimum Gasteiger partial charge on any atom is -0.382 e. The van der Waals surface area contributed by atoms with Crippen molar-refractivity contribution in [2.24, 2.45) is 0 Å². The van der Waals surface area contributed by atoms with Crippen LogP contribution in [-0.2, 0) is 11.4 Å². The lowest BCUT2D eigenvalue weighted by molar-refractivity contribution is 0.0552. The molecule has 0 saturated heterocycles. The maximum Gasteiger partial charge on any atom is 0.251 e. The number of carbonyl (C=O) groups excluding carboxylic acids is 1. The Morgan fingerprint density at radius 1 is 1.29 bits per heavy atom. The highest BCUT2D eigenvalue weighted by Gasteiger charge is 2.35. The smallest absolute Gasteiger partial charge is 0.251 e. The Balaban J connectivity index is 1.53. The highest BCUT2D eigenvalue weighted by Crippen LogP contribution is 2.35. The molecule has 122 valence electrons. The van der Waals surface area contributed by atoms with Gasteiger partial charge >= 0.3 is 0 Å². The van der Waals surface area contributed by atoms with Gasteiger partial charge in [-0.25, -0.2) is 4.98 Å². The first kappa shape index (κ1) is 15.6. The van der Waals surface area contributed by atoms with Crippen molar-refractivity contribution in [1.29, 1.82) is 0 Å². The van der Waals surface area contributed by atoms with Crippen molar-refractivity contribution in [2.75, 3.05) is 12.3 Å². The van der Waals surface area contributed by atoms with Gasteiger partial charge < -0.3 is 10.4 Å². The summed E-state index contributed by atoms with van der Waals surface area (Å²) in [5.41, 5.74) is 4.29. The predicted molar refractivity (Wildman–Crippen MR) is 98.5 cm³/mol. The Bertz CT molecular complexity index is 909. The summed E-state index contributed by atoms with van der Waals surface area (Å²) >= 11 is 3.20. The summed E-state index contributed by atoms with van der Waals surface area (Å²) in [6.07, 6.45) is 0. The van der Waals surface area contributed by atoms with Crippen LogP contribution in [0.1, 0.15) is 21.5 Å². The zero-order valence-corrected chi connectivity index (χ0v) is 14.5. The number of aromatic nitrogens is 1. The quantitative estimate of drug-likeness (QED) is 0.757. The second kappa shape index (κ2) is 6.20. The number of fused-ring (bicyclic) bond motifs is 2. The molecule has 2 heterocycles. The summed E-state index contributed by atoms with van der Waals surface area (Å²) in [5.74, 6) is 1.30. The van der Waals surface area contributed by atoms with Gasteiger partial charge in [0.2, 0.25) is 0 Å². The van der Waals surface area contributed by atoms with Crippen LogP contribution in [0.5, 0.6) is 0 Å². The van der Waals surface area contributed by atoms with Gasteiger partial charge in [-0.3, -0.25) is 4.79 Å². The van der Waals surface area contributed by atoms with Crippen molar-refractivity contribution in [1.82, 2.24) is 10.3 Å². The van der Waals surface area contributed by atoms with Crippen LogP contribution in [0, 0.1) is 0 Å². The Morgan fingerprint density at radius 2 is 2.17 bits per heavy atom. The molecule has 1 aliphatic rings. The number of benzene rings is 2. The van der Waals surface area contributed by atoms with Gasteiger partial charge in [-0.05, 0) is 29.3 Å². The van der Waals surface area contributed by atoms with Crippen LogP contribution in [0.15, 0.2) is 48.0 Å². The molecular weight excluding hydrogens is 340 g/mol. The van der Waals surface area contributed by atoms with E-state index in [1.807, 2.05) is 36.4 Å². The molecule has 0 spiro atoms. The molecule has 4 nitrogen and oxygen atoms in total. The molecule has 3 aromatic rings. The van der Waals surface area contributed by atoms with Crippen LogP contribution < -0.4 is 5.32 Å². The van der Waals surface area contributed by atoms with Crippen LogP contribution in [0.4, 0.5) is 0 Å². The zero-order valence-electron chi connectivity index (χ0n) is 12.9. The van der Waals surface area contributed by atoms with E-state index in [0.29, 0.717) is 11.3 Å². The van der Waals surface area contributed by atoms with E-state index < -0.39 is 5.60 Å². The first-order valence-electron chi connectivity index (χ1n) is 7.66. The van der Waals surface area contributed by atoms with Crippen LogP contribution in [-0.4, -0.2) is 28.3 Å². The topological polar surface area (TPSA) is 62.2 Å². The number of thiazole rings is 1. The molecule has 2 aromatic carbocycles. The molecule has 0 radical (unpaired) electrons. The zero-order chi connectivity index (χ0) is 16.6. The second-order valence-electron chi connectivity index (χ2n) is 5.90. The van der Waals surface area contributed by atoms with Crippen LogP contribution in [0.3, 0.4) is 0 Å². The Labute approximate surface area is 147 Å². The van der Waals surface area contributed by atoms with Gasteiger partial charge in [0, 0.05) is 17.1 Å². The largest absolute Gasteiger partial charge is 0.382 e. The molecule has 0 aliphatic carbocycles. The molecule has 2 N–H and O–H groups in total. The van der Waals surface area contributed by atoms with Crippen molar-refractivity contribution >= 4 is 39.2 Å². The summed E-state index contributed by atoms with van der Waals surface area (Å²) < 4.78 is 0.986. The van der Waals surface area contributed by atoms with E-state index in [4.69, 9.17) is 0 Å². The van der Waals surface area contributed by atoms with Gasteiger partial charge in [0.05, 0.1) is 22.3 Å². The van der Waals surface area contributed by atoms with E-state index in [0.717, 1.165) is 27.1 Å². The fourth-order valence-corrected chi connectivity index (χ4v) is 4.86. The fraction of sp³-hybridized carbons (Fsp3) is 0.222. The SMILES string of the molecule is O=C(NCC1(O)CSCc2ccccc21)c1ccc2ncsc2c1. The molecule has 0 fully saturated rings. The van der Waals surface area contributed by atoms with E-state index in [2.05, 4.69) is 10.3 Å². The van der Waals surface area contributed by atoms with Crippen LogP contribution in [0.25, 0.3) is 10.2 Å². The standard InChI is InChI=1S/C18H16N2O2S2/c21-17(12-5-6-15-16(7-12)24-11-20-15)19-9-18(22)10-23-8-13-3-1-2-4-14(13)18/h1-7,11,22H,8-10H2,(H,19,21). The molecule has 1 amide bonds. The highest BCUT2D eigenvalue weighted by atomic mass is 32.2. The first-order chi connectivity index (χ1) is 11.7. The number of hydrogen-bond acceptors (Lipinski definition) is 5. The van der Waals surface area contributed by atoms with Crippen molar-refractivity contribution in [2.45, 2.75) is 11.4 Å². The number of nitrogens with one attached hydrogen (secondary N) is 1. The van der Waals surface area contributed by atoms with Crippen molar-refractivity contribution in [3.63, 3.8) is 0 Å². The number of hydrogen-bond donors (Lipinski definition) is 2. The molecule has 1 aliphatic heterocycles. The minimum atomic E-state index is -1.02. The molecule has 6 heteroatoms. The third-order valence-electron chi connectivity index (χ3n) is 4.25. The lowest BCUT2D eigenvalue weighted by atomic mass is 9.91. The van der Waals surface area contributed by atoms with Gasteiger partial charge in [0.15, 0.2) is 0 Å². The van der Waals surface area contributed by atoms with Crippen molar-refractivity contribution < 1.29 is 9.90 Å². The number of amides is 1. The maximum atomic E-state index is 12.5. The Morgan fingerprint density at radius 3 is 3.08 bits per heavy atom. The average Bonchev–Trinajstić information content (AvgIpc) is 3.08. The molecule has 1 aromatic heterocycles. The first-order valence-corrected chi connectivity index (χ1v) is 9.69. The third kappa shape index (κ3) is 2.81. The van der Waals surface area contributed by atoms with Crippen LogP contribution >= 0.6 is 23.1 Å². The van der Waals surface area contributed by atoms with E-state index in [9.17, 15) is 9.90 Å². The molecule has 24 heavy (non-hydrogen) atoms. The summed E-state index contributed by atoms with van der Waals surface area (Å²) in [5, 5.41) is 13.9. The fourth-order valence-electron chi connectivity index (χ4n) is 2.98. The van der Waals surface area contributed by atoms with E-state index >= 15 is 0 Å². The molecular formula is C18H16N2O2S2. The monoisotopic (exact) mass is 356 g/mol. The normalized spacial score (nSPS) is 19.9. The summed E-state index contributed by atoms with van der Waals surface area (Å²) in [7, 11) is 0. The molecule has 1 atom stereocenters. The van der Waals surface area contributed by atoms with E-state index in [-0.39, 0.29) is 12.5 Å². The molecule has 1 unspecified atom stereocenters. The molecule has 0 saturated carbocycles. The van der Waals surface area contributed by atoms with Gasteiger partial charge in [0.25, 0.3) is 5.91 Å². The highest BCUT2D eigenvalue weighted by molar-refractivity contribution is 7.98. The Kier molecular flexibility index (Phi) is 4.04. The lowest BCUT2D eigenvalue weighted by Crippen LogP contribution is -2.44. The molecule has 0 bridgehead atoms. The number of nitrogens with zero attached hydrogens (tertiary/aromatic N) is 1. The Hall–Kier alpha value is -1.89. The van der Waals surface area contributed by atoms with Crippen molar-refractivity contribution in [3.8, 4) is 0 Å². The van der Waals surface area contributed by atoms with E-state index in [1.165, 1.54) is 11.3 Å². The van der Waals surface area contributed by atoms with Gasteiger partial charge in [-0.1, -0.05) is 24.3 Å². The molecule has 4 rings (SSSR count). The second-order valence-corrected chi connectivity index (χ2v) is 7.77. The number of rotatable bonds is 3. The van der Waals surface area contributed by atoms with Gasteiger partial charge in [-0.15, -0.1) is 11.3 Å². The summed E-state index contributed by atoms with van der Waals surface area (Å²) in [6.45, 7) is 0.205. The summed E-state index contributed by atoms with van der Waals surface area (Å²) in [6, 6.07) is 13.4. The minimum absolute atomic E-state index is 0.174. The lowest BCUT2D eigenvalue weighted by Gasteiger charge is -2.34. The third-order valence-corrected chi connectivity index (χ3v) is 6.24. The van der Waals surface area contributed by atoms with Gasteiger partial charge in [-0.2, -0.15) is 11.8 Å². The van der Waals surface area contributed by atoms with E-state index in [1.54, 1.807) is 23.3 Å². The number of thioether (sulfide) groups is 1.